The molecule has 0 aliphatic rings. The molecule has 0 atom stereocenters. The van der Waals surface area contributed by atoms with E-state index in [2.05, 4.69) is 20.8 Å². The van der Waals surface area contributed by atoms with Crippen LogP contribution in [-0.2, 0) is 0 Å². The van der Waals surface area contributed by atoms with E-state index >= 15 is 0 Å². The Morgan fingerprint density at radius 2 is 2.08 bits per heavy atom. The fourth-order valence-electron chi connectivity index (χ4n) is 2.32. The van der Waals surface area contributed by atoms with Crippen LogP contribution in [-0.4, -0.2) is 33.2 Å². The Bertz CT molecular complexity index is 880. The number of nitrogens with one attached hydrogen (secondary N) is 1. The standard InChI is InChI=1S/C16H14ClN5O2/c1-10-7-12(4-5-14(10)22-9-18-20-21-22)19-16(23)13-8-11(17)3-6-15(13)24-2/h3-9H,1-2H3,(H,19,23). The van der Waals surface area contributed by atoms with E-state index in [0.717, 1.165) is 11.3 Å². The third-order valence-corrected chi connectivity index (χ3v) is 3.69. The van der Waals surface area contributed by atoms with Crippen molar-refractivity contribution in [1.82, 2.24) is 20.2 Å². The summed E-state index contributed by atoms with van der Waals surface area (Å²) in [6.45, 7) is 1.91. The number of anilines is 1. The van der Waals surface area contributed by atoms with Gasteiger partial charge in [0.2, 0.25) is 0 Å². The van der Waals surface area contributed by atoms with E-state index in [0.29, 0.717) is 22.0 Å². The third-order valence-electron chi connectivity index (χ3n) is 3.46. The molecule has 0 saturated heterocycles. The maximum absolute atomic E-state index is 12.5. The molecule has 0 saturated carbocycles. The minimum absolute atomic E-state index is 0.302. The van der Waals surface area contributed by atoms with Gasteiger partial charge in [-0.25, -0.2) is 4.68 Å². The highest BCUT2D eigenvalue weighted by molar-refractivity contribution is 6.31. The molecule has 1 heterocycles. The van der Waals surface area contributed by atoms with E-state index in [1.165, 1.54) is 13.4 Å². The van der Waals surface area contributed by atoms with Crippen molar-refractivity contribution >= 4 is 23.2 Å². The van der Waals surface area contributed by atoms with Gasteiger partial charge in [0.15, 0.2) is 0 Å². The van der Waals surface area contributed by atoms with Crippen molar-refractivity contribution in [3.05, 3.63) is 58.9 Å². The molecule has 1 N–H and O–H groups in total. The zero-order valence-corrected chi connectivity index (χ0v) is 13.8. The predicted octanol–water partition coefficient (Wildman–Crippen LogP) is 2.89. The molecular weight excluding hydrogens is 330 g/mol. The quantitative estimate of drug-likeness (QED) is 0.787. The summed E-state index contributed by atoms with van der Waals surface area (Å²) in [5.41, 5.74) is 2.76. The molecule has 1 aromatic heterocycles. The fraction of sp³-hybridized carbons (Fsp3) is 0.125. The zero-order valence-electron chi connectivity index (χ0n) is 13.0. The first-order valence-electron chi connectivity index (χ1n) is 7.07. The monoisotopic (exact) mass is 343 g/mol. The first-order valence-corrected chi connectivity index (χ1v) is 7.45. The lowest BCUT2D eigenvalue weighted by Gasteiger charge is -2.11. The summed E-state index contributed by atoms with van der Waals surface area (Å²) in [6.07, 6.45) is 1.51. The van der Waals surface area contributed by atoms with Crippen molar-refractivity contribution in [1.29, 1.82) is 0 Å². The average Bonchev–Trinajstić information content (AvgIpc) is 3.09. The Kier molecular flexibility index (Phi) is 4.43. The minimum atomic E-state index is -0.302. The largest absolute Gasteiger partial charge is 0.496 e. The van der Waals surface area contributed by atoms with Crippen molar-refractivity contribution in [2.45, 2.75) is 6.92 Å². The number of methoxy groups -OCH3 is 1. The molecule has 2 aromatic carbocycles. The Balaban J connectivity index is 1.85. The van der Waals surface area contributed by atoms with Gasteiger partial charge in [-0.2, -0.15) is 0 Å². The molecule has 3 aromatic rings. The maximum atomic E-state index is 12.5. The number of amides is 1. The van der Waals surface area contributed by atoms with Gasteiger partial charge in [0, 0.05) is 10.7 Å². The van der Waals surface area contributed by atoms with E-state index in [-0.39, 0.29) is 5.91 Å². The normalized spacial score (nSPS) is 10.5. The summed E-state index contributed by atoms with van der Waals surface area (Å²) in [5, 5.41) is 14.4. The van der Waals surface area contributed by atoms with Crippen LogP contribution in [0.3, 0.4) is 0 Å². The molecule has 0 aliphatic heterocycles. The molecule has 0 radical (unpaired) electrons. The summed E-state index contributed by atoms with van der Waals surface area (Å²) < 4.78 is 6.76. The van der Waals surface area contributed by atoms with Crippen LogP contribution in [0.2, 0.25) is 5.02 Å². The first kappa shape index (κ1) is 15.9. The number of carbonyl (C=O) groups is 1. The molecule has 7 nitrogen and oxygen atoms in total. The number of aromatic nitrogens is 4. The number of rotatable bonds is 4. The van der Waals surface area contributed by atoms with Crippen LogP contribution in [0.1, 0.15) is 15.9 Å². The van der Waals surface area contributed by atoms with Gasteiger partial charge in [0.1, 0.15) is 12.1 Å². The lowest BCUT2D eigenvalue weighted by molar-refractivity contribution is 0.102. The molecule has 0 fully saturated rings. The molecule has 24 heavy (non-hydrogen) atoms. The molecule has 3 rings (SSSR count). The van der Waals surface area contributed by atoms with Gasteiger partial charge in [0.25, 0.3) is 5.91 Å². The van der Waals surface area contributed by atoms with E-state index in [1.807, 2.05) is 19.1 Å². The van der Waals surface area contributed by atoms with Gasteiger partial charge in [-0.05, 0) is 59.3 Å². The number of ether oxygens (including phenoxy) is 1. The zero-order chi connectivity index (χ0) is 17.1. The van der Waals surface area contributed by atoms with Crippen molar-refractivity contribution in [2.24, 2.45) is 0 Å². The van der Waals surface area contributed by atoms with Crippen LogP contribution >= 0.6 is 11.6 Å². The van der Waals surface area contributed by atoms with E-state index in [9.17, 15) is 4.79 Å². The predicted molar refractivity (Wildman–Crippen MR) is 89.8 cm³/mol. The molecule has 0 aliphatic carbocycles. The molecule has 0 unspecified atom stereocenters. The van der Waals surface area contributed by atoms with Gasteiger partial charge < -0.3 is 10.1 Å². The number of hydrogen-bond acceptors (Lipinski definition) is 5. The number of benzene rings is 2. The van der Waals surface area contributed by atoms with E-state index in [1.54, 1.807) is 28.9 Å². The summed E-state index contributed by atoms with van der Waals surface area (Å²) in [6, 6.07) is 10.3. The smallest absolute Gasteiger partial charge is 0.259 e. The summed E-state index contributed by atoms with van der Waals surface area (Å²) in [7, 11) is 1.51. The second-order valence-corrected chi connectivity index (χ2v) is 5.49. The van der Waals surface area contributed by atoms with Crippen LogP contribution in [0.5, 0.6) is 5.75 Å². The molecular formula is C16H14ClN5O2. The lowest BCUT2D eigenvalue weighted by atomic mass is 10.1. The lowest BCUT2D eigenvalue weighted by Crippen LogP contribution is -2.13. The van der Waals surface area contributed by atoms with Crippen LogP contribution in [0.25, 0.3) is 5.69 Å². The number of halogens is 1. The van der Waals surface area contributed by atoms with Gasteiger partial charge in [-0.15, -0.1) is 5.10 Å². The van der Waals surface area contributed by atoms with Gasteiger partial charge in [0.05, 0.1) is 18.4 Å². The number of aryl methyl sites for hydroxylation is 1. The minimum Gasteiger partial charge on any atom is -0.496 e. The summed E-state index contributed by atoms with van der Waals surface area (Å²) in [4.78, 5) is 12.5. The number of hydrogen-bond donors (Lipinski definition) is 1. The third kappa shape index (κ3) is 3.21. The Hall–Kier alpha value is -2.93. The van der Waals surface area contributed by atoms with E-state index < -0.39 is 0 Å². The molecule has 1 amide bonds. The summed E-state index contributed by atoms with van der Waals surface area (Å²) >= 11 is 5.97. The second-order valence-electron chi connectivity index (χ2n) is 5.05. The fourth-order valence-corrected chi connectivity index (χ4v) is 2.49. The highest BCUT2D eigenvalue weighted by atomic mass is 35.5. The van der Waals surface area contributed by atoms with Crippen molar-refractivity contribution in [3.8, 4) is 11.4 Å². The SMILES string of the molecule is COc1ccc(Cl)cc1C(=O)Nc1ccc(-n2cnnn2)c(C)c1. The number of tetrazole rings is 1. The second kappa shape index (κ2) is 6.67. The van der Waals surface area contributed by atoms with Crippen LogP contribution < -0.4 is 10.1 Å². The Morgan fingerprint density at radius 1 is 1.25 bits per heavy atom. The molecule has 8 heteroatoms. The van der Waals surface area contributed by atoms with Crippen molar-refractivity contribution in [3.63, 3.8) is 0 Å². The first-order chi connectivity index (χ1) is 11.6. The Labute approximate surface area is 143 Å². The Morgan fingerprint density at radius 3 is 2.75 bits per heavy atom. The molecule has 122 valence electrons. The number of nitrogens with zero attached hydrogens (tertiary/aromatic N) is 4. The van der Waals surface area contributed by atoms with Crippen molar-refractivity contribution in [2.75, 3.05) is 12.4 Å². The van der Waals surface area contributed by atoms with Crippen LogP contribution in [0.4, 0.5) is 5.69 Å². The average molecular weight is 344 g/mol. The number of carbonyl (C=O) groups excluding carboxylic acids is 1. The van der Waals surface area contributed by atoms with Crippen LogP contribution in [0.15, 0.2) is 42.7 Å². The maximum Gasteiger partial charge on any atom is 0.259 e. The van der Waals surface area contributed by atoms with E-state index in [4.69, 9.17) is 16.3 Å². The van der Waals surface area contributed by atoms with Gasteiger partial charge in [-0.3, -0.25) is 4.79 Å². The molecule has 0 bridgehead atoms. The summed E-state index contributed by atoms with van der Waals surface area (Å²) in [5.74, 6) is 0.155. The highest BCUT2D eigenvalue weighted by Gasteiger charge is 2.14. The topological polar surface area (TPSA) is 81.9 Å². The highest BCUT2D eigenvalue weighted by Crippen LogP contribution is 2.24. The van der Waals surface area contributed by atoms with Gasteiger partial charge >= 0.3 is 0 Å². The van der Waals surface area contributed by atoms with Gasteiger partial charge in [-0.1, -0.05) is 11.6 Å². The van der Waals surface area contributed by atoms with Crippen molar-refractivity contribution < 1.29 is 9.53 Å². The van der Waals surface area contributed by atoms with Crippen LogP contribution in [0, 0.1) is 6.92 Å². The molecule has 0 spiro atoms.